The van der Waals surface area contributed by atoms with E-state index in [-0.39, 0.29) is 0 Å². The van der Waals surface area contributed by atoms with E-state index in [1.807, 2.05) is 6.07 Å². The van der Waals surface area contributed by atoms with Crippen molar-refractivity contribution in [3.63, 3.8) is 0 Å². The number of carboxylic acid groups (broad SMARTS) is 1. The van der Waals surface area contributed by atoms with Crippen molar-refractivity contribution in [1.29, 1.82) is 0 Å². The standard InChI is InChI=1S/C22H25NO6/c1-22(2,3)29-21(26)23-17(14-8-6-5-7-9-14)18(20(24)25)28-19(23)15-10-12-16(27-4)13-11-15/h5-13,17-19H,1-4H3,(H,24,25)/t17-,18-,19?/m1/s1. The molecule has 2 aromatic carbocycles. The van der Waals surface area contributed by atoms with E-state index in [4.69, 9.17) is 14.2 Å². The predicted molar refractivity (Wildman–Crippen MR) is 105 cm³/mol. The molecule has 0 aliphatic carbocycles. The SMILES string of the molecule is COc1ccc(C2O[C@@H](C(=O)O)[C@@H](c3ccccc3)N2C(=O)OC(C)(C)C)cc1. The Morgan fingerprint density at radius 2 is 1.62 bits per heavy atom. The quantitative estimate of drug-likeness (QED) is 0.831. The summed E-state index contributed by atoms with van der Waals surface area (Å²) >= 11 is 0. The third-order valence-corrected chi connectivity index (χ3v) is 4.50. The molecule has 1 aliphatic rings. The number of methoxy groups -OCH3 is 1. The van der Waals surface area contributed by atoms with Gasteiger partial charge in [-0.1, -0.05) is 42.5 Å². The Balaban J connectivity index is 2.07. The molecule has 3 rings (SSSR count). The van der Waals surface area contributed by atoms with E-state index in [0.29, 0.717) is 16.9 Å². The highest BCUT2D eigenvalue weighted by Crippen LogP contribution is 2.44. The minimum absolute atomic E-state index is 0.626. The Labute approximate surface area is 169 Å². The van der Waals surface area contributed by atoms with Crippen LogP contribution in [0.4, 0.5) is 4.79 Å². The van der Waals surface area contributed by atoms with Crippen molar-refractivity contribution in [3.05, 3.63) is 65.7 Å². The summed E-state index contributed by atoms with van der Waals surface area (Å²) in [7, 11) is 1.56. The first-order valence-corrected chi connectivity index (χ1v) is 9.30. The molecule has 3 atom stereocenters. The number of carbonyl (C=O) groups excluding carboxylic acids is 1. The molecule has 0 bridgehead atoms. The highest BCUT2D eigenvalue weighted by molar-refractivity contribution is 5.77. The smallest absolute Gasteiger partial charge is 0.413 e. The average molecular weight is 399 g/mol. The van der Waals surface area contributed by atoms with Gasteiger partial charge in [0.15, 0.2) is 12.3 Å². The molecule has 0 aromatic heterocycles. The molecule has 1 amide bonds. The molecule has 1 heterocycles. The van der Waals surface area contributed by atoms with Gasteiger partial charge in [0.1, 0.15) is 17.4 Å². The van der Waals surface area contributed by atoms with Crippen LogP contribution in [0.2, 0.25) is 0 Å². The summed E-state index contributed by atoms with van der Waals surface area (Å²) in [6.07, 6.45) is -2.80. The van der Waals surface area contributed by atoms with E-state index >= 15 is 0 Å². The molecular weight excluding hydrogens is 374 g/mol. The molecule has 1 fully saturated rings. The van der Waals surface area contributed by atoms with Crippen LogP contribution in [0.25, 0.3) is 0 Å². The fourth-order valence-electron chi connectivity index (χ4n) is 3.28. The van der Waals surface area contributed by atoms with Crippen LogP contribution in [0, 0.1) is 0 Å². The first-order chi connectivity index (χ1) is 13.7. The van der Waals surface area contributed by atoms with Crippen molar-refractivity contribution in [2.24, 2.45) is 0 Å². The van der Waals surface area contributed by atoms with Gasteiger partial charge < -0.3 is 19.3 Å². The lowest BCUT2D eigenvalue weighted by molar-refractivity contribution is -0.150. The molecule has 2 aromatic rings. The van der Waals surface area contributed by atoms with Crippen molar-refractivity contribution in [3.8, 4) is 5.75 Å². The first kappa shape index (κ1) is 20.7. The molecule has 1 saturated heterocycles. The van der Waals surface area contributed by atoms with Gasteiger partial charge in [-0.05, 0) is 38.5 Å². The zero-order valence-electron chi connectivity index (χ0n) is 16.9. The van der Waals surface area contributed by atoms with Crippen LogP contribution in [-0.2, 0) is 14.3 Å². The maximum atomic E-state index is 13.1. The van der Waals surface area contributed by atoms with Crippen LogP contribution in [0.5, 0.6) is 5.75 Å². The summed E-state index contributed by atoms with van der Waals surface area (Å²) in [5, 5.41) is 9.80. The van der Waals surface area contributed by atoms with E-state index in [0.717, 1.165) is 0 Å². The van der Waals surface area contributed by atoms with Gasteiger partial charge in [-0.3, -0.25) is 4.90 Å². The van der Waals surface area contributed by atoms with Crippen LogP contribution >= 0.6 is 0 Å². The monoisotopic (exact) mass is 399 g/mol. The lowest BCUT2D eigenvalue weighted by atomic mass is 10.0. The summed E-state index contributed by atoms with van der Waals surface area (Å²) in [5.41, 5.74) is 0.535. The number of hydrogen-bond acceptors (Lipinski definition) is 5. The van der Waals surface area contributed by atoms with Gasteiger partial charge in [0.05, 0.1) is 7.11 Å². The zero-order valence-corrected chi connectivity index (χ0v) is 16.9. The Morgan fingerprint density at radius 1 is 1.00 bits per heavy atom. The van der Waals surface area contributed by atoms with E-state index in [9.17, 15) is 14.7 Å². The number of benzene rings is 2. The molecule has 1 unspecified atom stereocenters. The molecule has 1 N–H and O–H groups in total. The van der Waals surface area contributed by atoms with Crippen LogP contribution in [0.3, 0.4) is 0 Å². The normalized spacial score (nSPS) is 21.7. The Bertz CT molecular complexity index is 859. The number of rotatable bonds is 4. The maximum Gasteiger partial charge on any atom is 0.413 e. The molecule has 7 heteroatoms. The third kappa shape index (κ3) is 4.51. The van der Waals surface area contributed by atoms with Gasteiger partial charge in [-0.15, -0.1) is 0 Å². The van der Waals surface area contributed by atoms with E-state index in [2.05, 4.69) is 0 Å². The number of ether oxygens (including phenoxy) is 3. The second kappa shape index (κ2) is 8.13. The zero-order chi connectivity index (χ0) is 21.2. The number of hydrogen-bond donors (Lipinski definition) is 1. The van der Waals surface area contributed by atoms with Gasteiger partial charge in [-0.25, -0.2) is 9.59 Å². The van der Waals surface area contributed by atoms with Crippen molar-refractivity contribution in [1.82, 2.24) is 4.90 Å². The van der Waals surface area contributed by atoms with Crippen molar-refractivity contribution < 1.29 is 28.9 Å². The molecule has 1 aliphatic heterocycles. The number of carboxylic acids is 1. The summed E-state index contributed by atoms with van der Waals surface area (Å²) in [6, 6.07) is 15.1. The summed E-state index contributed by atoms with van der Waals surface area (Å²) in [6.45, 7) is 5.28. The maximum absolute atomic E-state index is 13.1. The molecule has 154 valence electrons. The van der Waals surface area contributed by atoms with Gasteiger partial charge in [0.25, 0.3) is 0 Å². The van der Waals surface area contributed by atoms with Crippen LogP contribution in [0.15, 0.2) is 54.6 Å². The minimum atomic E-state index is -1.24. The lowest BCUT2D eigenvalue weighted by Crippen LogP contribution is -2.40. The molecule has 29 heavy (non-hydrogen) atoms. The van der Waals surface area contributed by atoms with E-state index in [1.54, 1.807) is 76.4 Å². The van der Waals surface area contributed by atoms with Gasteiger partial charge in [-0.2, -0.15) is 0 Å². The summed E-state index contributed by atoms with van der Waals surface area (Å²) in [5.74, 6) is -0.506. The third-order valence-electron chi connectivity index (χ3n) is 4.50. The second-order valence-corrected chi connectivity index (χ2v) is 7.76. The molecule has 7 nitrogen and oxygen atoms in total. The highest BCUT2D eigenvalue weighted by Gasteiger charge is 2.51. The fraction of sp³-hybridized carbons (Fsp3) is 0.364. The Kier molecular flexibility index (Phi) is 5.79. The molecule has 0 spiro atoms. The van der Waals surface area contributed by atoms with Crippen LogP contribution in [-0.4, -0.2) is 40.9 Å². The van der Waals surface area contributed by atoms with E-state index in [1.165, 1.54) is 4.90 Å². The number of carbonyl (C=O) groups is 2. The Hall–Kier alpha value is -3.06. The topological polar surface area (TPSA) is 85.3 Å². The minimum Gasteiger partial charge on any atom is -0.497 e. The summed E-state index contributed by atoms with van der Waals surface area (Å²) in [4.78, 5) is 26.5. The highest BCUT2D eigenvalue weighted by atomic mass is 16.6. The average Bonchev–Trinajstić information content (AvgIpc) is 3.08. The van der Waals surface area contributed by atoms with Gasteiger partial charge in [0.2, 0.25) is 0 Å². The molecule has 0 radical (unpaired) electrons. The predicted octanol–water partition coefficient (Wildman–Crippen LogP) is 4.16. The summed E-state index contributed by atoms with van der Waals surface area (Å²) < 4.78 is 16.7. The molecule has 0 saturated carbocycles. The van der Waals surface area contributed by atoms with E-state index < -0.39 is 36.0 Å². The lowest BCUT2D eigenvalue weighted by Gasteiger charge is -2.31. The number of nitrogens with zero attached hydrogens (tertiary/aromatic N) is 1. The fourth-order valence-corrected chi connectivity index (χ4v) is 3.28. The van der Waals surface area contributed by atoms with Crippen molar-refractivity contribution in [2.75, 3.05) is 7.11 Å². The van der Waals surface area contributed by atoms with Crippen LogP contribution in [0.1, 0.15) is 44.2 Å². The first-order valence-electron chi connectivity index (χ1n) is 9.30. The largest absolute Gasteiger partial charge is 0.497 e. The number of aliphatic carboxylic acids is 1. The second-order valence-electron chi connectivity index (χ2n) is 7.76. The van der Waals surface area contributed by atoms with Crippen LogP contribution < -0.4 is 4.74 Å². The van der Waals surface area contributed by atoms with Crippen molar-refractivity contribution in [2.45, 2.75) is 44.7 Å². The van der Waals surface area contributed by atoms with Gasteiger partial charge in [0, 0.05) is 5.56 Å². The van der Waals surface area contributed by atoms with Gasteiger partial charge >= 0.3 is 12.1 Å². The Morgan fingerprint density at radius 3 is 2.14 bits per heavy atom. The van der Waals surface area contributed by atoms with Crippen molar-refractivity contribution >= 4 is 12.1 Å². The number of amides is 1. The molecular formula is C22H25NO6.